The number of benzene rings is 1. The van der Waals surface area contributed by atoms with Crippen molar-refractivity contribution in [3.8, 4) is 5.75 Å². The molecule has 0 saturated heterocycles. The number of aryl methyl sites for hydroxylation is 1. The van der Waals surface area contributed by atoms with E-state index in [1.165, 1.54) is 6.92 Å². The Bertz CT molecular complexity index is 455. The minimum Gasteiger partial charge on any atom is -0.496 e. The molecule has 0 radical (unpaired) electrons. The van der Waals surface area contributed by atoms with Gasteiger partial charge in [0.1, 0.15) is 12.4 Å². The van der Waals surface area contributed by atoms with Gasteiger partial charge in [0.05, 0.1) is 19.1 Å². The van der Waals surface area contributed by atoms with Gasteiger partial charge < -0.3 is 14.6 Å². The number of aliphatic hydroxyl groups is 1. The molecule has 2 rings (SSSR count). The topological polar surface area (TPSA) is 55.8 Å². The van der Waals surface area contributed by atoms with E-state index in [9.17, 15) is 9.90 Å². The van der Waals surface area contributed by atoms with Crippen molar-refractivity contribution in [2.24, 2.45) is 0 Å². The number of hydrogen-bond acceptors (Lipinski definition) is 4. The molecule has 98 valence electrons. The van der Waals surface area contributed by atoms with Crippen LogP contribution in [0, 0.1) is 0 Å². The van der Waals surface area contributed by atoms with Crippen LogP contribution in [-0.2, 0) is 21.4 Å². The zero-order chi connectivity index (χ0) is 13.2. The van der Waals surface area contributed by atoms with Gasteiger partial charge in [0.25, 0.3) is 0 Å². The fourth-order valence-corrected chi connectivity index (χ4v) is 2.64. The van der Waals surface area contributed by atoms with Crippen LogP contribution in [-0.4, -0.2) is 31.4 Å². The van der Waals surface area contributed by atoms with E-state index in [-0.39, 0.29) is 19.2 Å². The molecule has 4 nitrogen and oxygen atoms in total. The summed E-state index contributed by atoms with van der Waals surface area (Å²) in [6.45, 7) is 1.53. The maximum atomic E-state index is 11.0. The van der Waals surface area contributed by atoms with E-state index in [2.05, 4.69) is 0 Å². The molecule has 1 N–H and O–H groups in total. The molecule has 0 fully saturated rings. The lowest BCUT2D eigenvalue weighted by Crippen LogP contribution is -2.34. The first-order chi connectivity index (χ1) is 8.63. The van der Waals surface area contributed by atoms with Crippen LogP contribution in [0.5, 0.6) is 5.75 Å². The van der Waals surface area contributed by atoms with Gasteiger partial charge in [-0.15, -0.1) is 0 Å². The molecule has 1 aliphatic rings. The Labute approximate surface area is 107 Å². The Morgan fingerprint density at radius 2 is 2.28 bits per heavy atom. The molecule has 1 aliphatic carbocycles. The summed E-state index contributed by atoms with van der Waals surface area (Å²) in [4.78, 5) is 11.0. The number of rotatable bonds is 4. The van der Waals surface area contributed by atoms with Crippen LogP contribution < -0.4 is 4.74 Å². The number of aliphatic hydroxyl groups excluding tert-OH is 1. The first kappa shape index (κ1) is 12.9. The molecule has 0 amide bonds. The van der Waals surface area contributed by atoms with Gasteiger partial charge in [-0.05, 0) is 24.5 Å². The Morgan fingerprint density at radius 3 is 2.89 bits per heavy atom. The summed E-state index contributed by atoms with van der Waals surface area (Å²) in [6.07, 6.45) is 1.64. The summed E-state index contributed by atoms with van der Waals surface area (Å²) >= 11 is 0. The number of esters is 1. The quantitative estimate of drug-likeness (QED) is 0.821. The maximum Gasteiger partial charge on any atom is 0.302 e. The van der Waals surface area contributed by atoms with E-state index in [1.54, 1.807) is 7.11 Å². The average molecular weight is 250 g/mol. The van der Waals surface area contributed by atoms with Gasteiger partial charge >= 0.3 is 5.97 Å². The highest BCUT2D eigenvalue weighted by molar-refractivity contribution is 5.66. The van der Waals surface area contributed by atoms with Gasteiger partial charge in [0, 0.05) is 12.5 Å². The Balaban J connectivity index is 2.39. The van der Waals surface area contributed by atoms with Crippen LogP contribution in [0.25, 0.3) is 0 Å². The van der Waals surface area contributed by atoms with Gasteiger partial charge in [-0.1, -0.05) is 12.1 Å². The molecule has 0 aromatic heterocycles. The summed E-state index contributed by atoms with van der Waals surface area (Å²) < 4.78 is 10.5. The lowest BCUT2D eigenvalue weighted by Gasteiger charge is -2.28. The van der Waals surface area contributed by atoms with E-state index < -0.39 is 5.41 Å². The first-order valence-corrected chi connectivity index (χ1v) is 6.03. The molecular weight excluding hydrogens is 232 g/mol. The van der Waals surface area contributed by atoms with Crippen molar-refractivity contribution >= 4 is 5.97 Å². The molecule has 0 heterocycles. The monoisotopic (exact) mass is 250 g/mol. The Kier molecular flexibility index (Phi) is 3.57. The van der Waals surface area contributed by atoms with Crippen molar-refractivity contribution in [2.75, 3.05) is 20.3 Å². The van der Waals surface area contributed by atoms with Crippen LogP contribution in [0.15, 0.2) is 18.2 Å². The van der Waals surface area contributed by atoms with Crippen molar-refractivity contribution in [3.63, 3.8) is 0 Å². The fraction of sp³-hybridized carbons (Fsp3) is 0.500. The largest absolute Gasteiger partial charge is 0.496 e. The van der Waals surface area contributed by atoms with Crippen molar-refractivity contribution < 1.29 is 19.4 Å². The Hall–Kier alpha value is -1.55. The van der Waals surface area contributed by atoms with E-state index in [4.69, 9.17) is 9.47 Å². The summed E-state index contributed by atoms with van der Waals surface area (Å²) in [6, 6.07) is 5.85. The second-order valence-electron chi connectivity index (χ2n) is 4.71. The molecule has 0 unspecified atom stereocenters. The van der Waals surface area contributed by atoms with Gasteiger partial charge in [0.15, 0.2) is 0 Å². The predicted octanol–water partition coefficient (Wildman–Crippen LogP) is 1.43. The lowest BCUT2D eigenvalue weighted by atomic mass is 9.83. The van der Waals surface area contributed by atoms with Crippen LogP contribution in [0.4, 0.5) is 0 Å². The van der Waals surface area contributed by atoms with Crippen molar-refractivity contribution in [1.82, 2.24) is 0 Å². The molecule has 1 aromatic rings. The summed E-state index contributed by atoms with van der Waals surface area (Å²) in [5, 5.41) is 9.75. The molecule has 18 heavy (non-hydrogen) atoms. The third kappa shape index (κ3) is 2.08. The number of methoxy groups -OCH3 is 1. The fourth-order valence-electron chi connectivity index (χ4n) is 2.64. The number of carbonyl (C=O) groups excluding carboxylic acids is 1. The molecule has 0 spiro atoms. The van der Waals surface area contributed by atoms with E-state index in [0.717, 1.165) is 29.7 Å². The van der Waals surface area contributed by atoms with Crippen LogP contribution in [0.2, 0.25) is 0 Å². The lowest BCUT2D eigenvalue weighted by molar-refractivity contribution is -0.143. The SMILES string of the molecule is COc1cccc2c1[C@](CO)(COC(C)=O)CC2. The molecular formula is C14H18O4. The zero-order valence-electron chi connectivity index (χ0n) is 10.7. The second kappa shape index (κ2) is 4.98. The average Bonchev–Trinajstić information content (AvgIpc) is 2.76. The highest BCUT2D eigenvalue weighted by Crippen LogP contribution is 2.44. The third-order valence-electron chi connectivity index (χ3n) is 3.59. The van der Waals surface area contributed by atoms with Crippen molar-refractivity contribution in [1.29, 1.82) is 0 Å². The molecule has 0 aliphatic heterocycles. The summed E-state index contributed by atoms with van der Waals surface area (Å²) in [7, 11) is 1.61. The number of hydrogen-bond donors (Lipinski definition) is 1. The zero-order valence-corrected chi connectivity index (χ0v) is 10.7. The van der Waals surface area contributed by atoms with Crippen LogP contribution >= 0.6 is 0 Å². The summed E-state index contributed by atoms with van der Waals surface area (Å²) in [5.41, 5.74) is 1.62. The van der Waals surface area contributed by atoms with E-state index in [1.807, 2.05) is 18.2 Å². The van der Waals surface area contributed by atoms with Crippen molar-refractivity contribution in [2.45, 2.75) is 25.2 Å². The standard InChI is InChI=1S/C14H18O4/c1-10(16)18-9-14(8-15)7-6-11-4-3-5-12(17-2)13(11)14/h3-5,15H,6-9H2,1-2H3/t14-/m1/s1. The highest BCUT2D eigenvalue weighted by atomic mass is 16.5. The molecule has 1 atom stereocenters. The van der Waals surface area contributed by atoms with Crippen LogP contribution in [0.1, 0.15) is 24.5 Å². The summed E-state index contributed by atoms with van der Waals surface area (Å²) in [5.74, 6) is 0.428. The third-order valence-corrected chi connectivity index (χ3v) is 3.59. The van der Waals surface area contributed by atoms with Gasteiger partial charge in [0.2, 0.25) is 0 Å². The second-order valence-corrected chi connectivity index (χ2v) is 4.71. The molecule has 1 aromatic carbocycles. The predicted molar refractivity (Wildman–Crippen MR) is 66.7 cm³/mol. The number of carbonyl (C=O) groups is 1. The minimum atomic E-state index is -0.520. The van der Waals surface area contributed by atoms with E-state index >= 15 is 0 Å². The first-order valence-electron chi connectivity index (χ1n) is 6.03. The van der Waals surface area contributed by atoms with Gasteiger partial charge in [-0.25, -0.2) is 0 Å². The van der Waals surface area contributed by atoms with Gasteiger partial charge in [-0.3, -0.25) is 4.79 Å². The van der Waals surface area contributed by atoms with Crippen LogP contribution in [0.3, 0.4) is 0 Å². The molecule has 0 saturated carbocycles. The molecule has 4 heteroatoms. The highest BCUT2D eigenvalue weighted by Gasteiger charge is 2.41. The van der Waals surface area contributed by atoms with E-state index in [0.29, 0.717) is 0 Å². The minimum absolute atomic E-state index is 0.0480. The number of fused-ring (bicyclic) bond motifs is 1. The maximum absolute atomic E-state index is 11.0. The number of ether oxygens (including phenoxy) is 2. The Morgan fingerprint density at radius 1 is 1.50 bits per heavy atom. The normalized spacial score (nSPS) is 21.5. The van der Waals surface area contributed by atoms with Crippen molar-refractivity contribution in [3.05, 3.63) is 29.3 Å². The smallest absolute Gasteiger partial charge is 0.302 e. The molecule has 0 bridgehead atoms. The van der Waals surface area contributed by atoms with Gasteiger partial charge in [-0.2, -0.15) is 0 Å².